The zero-order chi connectivity index (χ0) is 19.6. The number of aliphatic hydroxyl groups is 1. The van der Waals surface area contributed by atoms with Crippen LogP contribution in [-0.4, -0.2) is 66.3 Å². The van der Waals surface area contributed by atoms with Gasteiger partial charge >= 0.3 is 0 Å². The van der Waals surface area contributed by atoms with Crippen molar-refractivity contribution in [2.45, 2.75) is 110 Å². The minimum absolute atomic E-state index is 0.296. The molecule has 0 radical (unpaired) electrons. The topological polar surface area (TPSA) is 66.4 Å². The van der Waals surface area contributed by atoms with E-state index < -0.39 is 47.5 Å². The van der Waals surface area contributed by atoms with Crippen molar-refractivity contribution in [3.05, 3.63) is 0 Å². The predicted molar refractivity (Wildman–Crippen MR) is 96.6 cm³/mol. The lowest BCUT2D eigenvalue weighted by Crippen LogP contribution is -2.64. The highest BCUT2D eigenvalue weighted by Gasteiger charge is 2.51. The molecule has 5 atom stereocenters. The molecule has 1 aliphatic heterocycles. The van der Waals surface area contributed by atoms with Crippen molar-refractivity contribution >= 4 is 0 Å². The van der Waals surface area contributed by atoms with E-state index in [0.29, 0.717) is 6.61 Å². The minimum Gasteiger partial charge on any atom is -0.382 e. The number of hydrogen-bond acceptors (Lipinski definition) is 6. The van der Waals surface area contributed by atoms with Crippen LogP contribution in [0.15, 0.2) is 0 Å². The lowest BCUT2D eigenvalue weighted by molar-refractivity contribution is -0.342. The standard InChI is InChI=1S/C19H38O6/c1-17(2,3)23-13-12(11-21-10)22-16(20)15(25-19(7,8)9)14(13)24-18(4,5)6/h12-16,20H,11H2,1-10H3/t12?,13?,14-,15?,16+/m0/s1. The Balaban J connectivity index is 3.23. The molecule has 150 valence electrons. The molecule has 0 amide bonds. The van der Waals surface area contributed by atoms with Crippen LogP contribution in [0.2, 0.25) is 0 Å². The summed E-state index contributed by atoms with van der Waals surface area (Å²) in [5.74, 6) is 0. The van der Waals surface area contributed by atoms with Gasteiger partial charge in [0.1, 0.15) is 24.4 Å². The van der Waals surface area contributed by atoms with Crippen LogP contribution in [0.5, 0.6) is 0 Å². The highest BCUT2D eigenvalue weighted by Crippen LogP contribution is 2.34. The molecule has 0 aromatic rings. The van der Waals surface area contributed by atoms with E-state index in [9.17, 15) is 5.11 Å². The fourth-order valence-corrected chi connectivity index (χ4v) is 2.82. The van der Waals surface area contributed by atoms with Crippen LogP contribution in [0.4, 0.5) is 0 Å². The van der Waals surface area contributed by atoms with E-state index in [1.165, 1.54) is 0 Å². The highest BCUT2D eigenvalue weighted by molar-refractivity contribution is 4.95. The van der Waals surface area contributed by atoms with E-state index in [2.05, 4.69) is 0 Å². The molecule has 1 rings (SSSR count). The van der Waals surface area contributed by atoms with Crippen molar-refractivity contribution in [1.29, 1.82) is 0 Å². The molecule has 0 aliphatic carbocycles. The number of ether oxygens (including phenoxy) is 5. The lowest BCUT2D eigenvalue weighted by Gasteiger charge is -2.49. The van der Waals surface area contributed by atoms with Gasteiger partial charge in [0.25, 0.3) is 0 Å². The van der Waals surface area contributed by atoms with Gasteiger partial charge in [-0.2, -0.15) is 0 Å². The average molecular weight is 363 g/mol. The Labute approximate surface area is 153 Å². The van der Waals surface area contributed by atoms with Crippen molar-refractivity contribution in [2.75, 3.05) is 13.7 Å². The molecule has 0 spiro atoms. The lowest BCUT2D eigenvalue weighted by atomic mass is 9.95. The third-order valence-electron chi connectivity index (χ3n) is 3.41. The first-order valence-corrected chi connectivity index (χ1v) is 8.99. The molecular weight excluding hydrogens is 324 g/mol. The van der Waals surface area contributed by atoms with E-state index >= 15 is 0 Å². The Kier molecular flexibility index (Phi) is 7.47. The third kappa shape index (κ3) is 7.89. The summed E-state index contributed by atoms with van der Waals surface area (Å²) in [6.07, 6.45) is -3.17. The van der Waals surface area contributed by atoms with Gasteiger partial charge in [-0.3, -0.25) is 0 Å². The largest absolute Gasteiger partial charge is 0.382 e. The van der Waals surface area contributed by atoms with E-state index in [1.807, 2.05) is 62.3 Å². The Morgan fingerprint density at radius 1 is 0.720 bits per heavy atom. The maximum atomic E-state index is 10.6. The maximum Gasteiger partial charge on any atom is 0.184 e. The van der Waals surface area contributed by atoms with Crippen molar-refractivity contribution in [2.24, 2.45) is 0 Å². The summed E-state index contributed by atoms with van der Waals surface area (Å²) in [5, 5.41) is 10.6. The van der Waals surface area contributed by atoms with Gasteiger partial charge in [0.2, 0.25) is 0 Å². The molecular formula is C19H38O6. The summed E-state index contributed by atoms with van der Waals surface area (Å²) in [6.45, 7) is 18.0. The second-order valence-electron chi connectivity index (χ2n) is 9.60. The van der Waals surface area contributed by atoms with Crippen LogP contribution >= 0.6 is 0 Å². The van der Waals surface area contributed by atoms with Crippen LogP contribution in [0.1, 0.15) is 62.3 Å². The number of methoxy groups -OCH3 is 1. The van der Waals surface area contributed by atoms with E-state index in [1.54, 1.807) is 7.11 Å². The van der Waals surface area contributed by atoms with Gasteiger partial charge < -0.3 is 28.8 Å². The number of hydrogen-bond donors (Lipinski definition) is 1. The van der Waals surface area contributed by atoms with Gasteiger partial charge in [0, 0.05) is 7.11 Å². The maximum absolute atomic E-state index is 10.6. The van der Waals surface area contributed by atoms with Crippen molar-refractivity contribution in [1.82, 2.24) is 0 Å². The molecule has 1 fully saturated rings. The van der Waals surface area contributed by atoms with Gasteiger partial charge in [-0.05, 0) is 62.3 Å². The Morgan fingerprint density at radius 3 is 1.52 bits per heavy atom. The average Bonchev–Trinajstić information content (AvgIpc) is 2.34. The van der Waals surface area contributed by atoms with Crippen molar-refractivity contribution < 1.29 is 28.8 Å². The fraction of sp³-hybridized carbons (Fsp3) is 1.00. The third-order valence-corrected chi connectivity index (χ3v) is 3.41. The molecule has 6 heteroatoms. The van der Waals surface area contributed by atoms with Crippen LogP contribution in [0, 0.1) is 0 Å². The molecule has 1 saturated heterocycles. The smallest absolute Gasteiger partial charge is 0.184 e. The van der Waals surface area contributed by atoms with E-state index in [-0.39, 0.29) is 0 Å². The second kappa shape index (κ2) is 8.19. The monoisotopic (exact) mass is 362 g/mol. The quantitative estimate of drug-likeness (QED) is 0.811. The van der Waals surface area contributed by atoms with Gasteiger partial charge in [0.15, 0.2) is 6.29 Å². The molecule has 0 saturated carbocycles. The van der Waals surface area contributed by atoms with E-state index in [0.717, 1.165) is 0 Å². The molecule has 25 heavy (non-hydrogen) atoms. The first-order valence-electron chi connectivity index (χ1n) is 8.99. The van der Waals surface area contributed by atoms with Crippen LogP contribution < -0.4 is 0 Å². The van der Waals surface area contributed by atoms with Gasteiger partial charge in [-0.25, -0.2) is 0 Å². The Hall–Kier alpha value is -0.240. The van der Waals surface area contributed by atoms with Crippen LogP contribution in [-0.2, 0) is 23.7 Å². The Morgan fingerprint density at radius 2 is 1.12 bits per heavy atom. The molecule has 0 aromatic heterocycles. The summed E-state index contributed by atoms with van der Waals surface area (Å²) in [6, 6.07) is 0. The molecule has 0 bridgehead atoms. The van der Waals surface area contributed by atoms with Crippen molar-refractivity contribution in [3.8, 4) is 0 Å². The molecule has 3 unspecified atom stereocenters. The summed E-state index contributed by atoms with van der Waals surface area (Å²) >= 11 is 0. The van der Waals surface area contributed by atoms with Gasteiger partial charge in [0.05, 0.1) is 23.4 Å². The van der Waals surface area contributed by atoms with Gasteiger partial charge in [-0.1, -0.05) is 0 Å². The first kappa shape index (κ1) is 22.8. The molecule has 1 N–H and O–H groups in total. The molecule has 1 heterocycles. The minimum atomic E-state index is -1.12. The highest BCUT2D eigenvalue weighted by atomic mass is 16.7. The summed E-state index contributed by atoms with van der Waals surface area (Å²) in [5.41, 5.74) is -1.30. The second-order valence-corrected chi connectivity index (χ2v) is 9.60. The fourth-order valence-electron chi connectivity index (χ4n) is 2.82. The van der Waals surface area contributed by atoms with Crippen LogP contribution in [0.3, 0.4) is 0 Å². The summed E-state index contributed by atoms with van der Waals surface area (Å²) in [7, 11) is 1.60. The van der Waals surface area contributed by atoms with Crippen LogP contribution in [0.25, 0.3) is 0 Å². The van der Waals surface area contributed by atoms with E-state index in [4.69, 9.17) is 23.7 Å². The van der Waals surface area contributed by atoms with Crippen molar-refractivity contribution in [3.63, 3.8) is 0 Å². The zero-order valence-electron chi connectivity index (χ0n) is 17.6. The molecule has 1 aliphatic rings. The number of rotatable bonds is 5. The summed E-state index contributed by atoms with van der Waals surface area (Å²) < 4.78 is 29.7. The normalized spacial score (nSPS) is 32.0. The number of aliphatic hydroxyl groups excluding tert-OH is 1. The molecule has 0 aromatic carbocycles. The molecule has 6 nitrogen and oxygen atoms in total. The summed E-state index contributed by atoms with van der Waals surface area (Å²) in [4.78, 5) is 0. The SMILES string of the molecule is COCC1O[C@@H](O)C(OC(C)(C)C)[C@@H](OC(C)(C)C)C1OC(C)(C)C. The predicted octanol–water partition coefficient (Wildman–Crippen LogP) is 2.90. The van der Waals surface area contributed by atoms with Gasteiger partial charge in [-0.15, -0.1) is 0 Å². The first-order chi connectivity index (χ1) is 11.1. The zero-order valence-corrected chi connectivity index (χ0v) is 17.6. The Bertz CT molecular complexity index is 404.